The summed E-state index contributed by atoms with van der Waals surface area (Å²) in [6.07, 6.45) is 0.651. The van der Waals surface area contributed by atoms with E-state index in [2.05, 4.69) is 37.8 Å². The standard InChI is InChI=1S/C21H19ClN6OS2/c1-14-24-26-20(31-14)23-19(29)13-30-21-27-25-18(11-15-5-3-2-4-6-15)28(21)12-16-7-9-17(22)10-8-16/h2-10H,11-13H2,1H3,(H,23,26,29). The maximum Gasteiger partial charge on any atom is 0.236 e. The van der Waals surface area contributed by atoms with Crippen molar-refractivity contribution in [1.29, 1.82) is 0 Å². The number of thioether (sulfide) groups is 1. The fourth-order valence-electron chi connectivity index (χ4n) is 2.90. The smallest absolute Gasteiger partial charge is 0.236 e. The first-order valence-electron chi connectivity index (χ1n) is 9.50. The van der Waals surface area contributed by atoms with Gasteiger partial charge >= 0.3 is 0 Å². The highest BCUT2D eigenvalue weighted by atomic mass is 35.5. The van der Waals surface area contributed by atoms with Gasteiger partial charge in [0, 0.05) is 11.4 Å². The van der Waals surface area contributed by atoms with E-state index in [0.717, 1.165) is 22.0 Å². The van der Waals surface area contributed by atoms with E-state index in [9.17, 15) is 4.79 Å². The highest BCUT2D eigenvalue weighted by Crippen LogP contribution is 2.22. The van der Waals surface area contributed by atoms with Crippen LogP contribution in [0.1, 0.15) is 22.0 Å². The van der Waals surface area contributed by atoms with Crippen LogP contribution < -0.4 is 5.32 Å². The summed E-state index contributed by atoms with van der Waals surface area (Å²) < 4.78 is 2.04. The molecule has 1 N–H and O–H groups in total. The van der Waals surface area contributed by atoms with Crippen molar-refractivity contribution in [2.75, 3.05) is 11.1 Å². The van der Waals surface area contributed by atoms with Crippen molar-refractivity contribution in [1.82, 2.24) is 25.0 Å². The van der Waals surface area contributed by atoms with Crippen molar-refractivity contribution < 1.29 is 4.79 Å². The zero-order chi connectivity index (χ0) is 21.6. The van der Waals surface area contributed by atoms with E-state index < -0.39 is 0 Å². The summed E-state index contributed by atoms with van der Waals surface area (Å²) in [6, 6.07) is 17.8. The first-order chi connectivity index (χ1) is 15.1. The van der Waals surface area contributed by atoms with E-state index in [4.69, 9.17) is 11.6 Å². The van der Waals surface area contributed by atoms with Crippen molar-refractivity contribution in [2.24, 2.45) is 0 Å². The van der Waals surface area contributed by atoms with Crippen LogP contribution in [0.4, 0.5) is 5.13 Å². The molecule has 2 aromatic carbocycles. The van der Waals surface area contributed by atoms with Gasteiger partial charge in [0.1, 0.15) is 10.8 Å². The fourth-order valence-corrected chi connectivity index (χ4v) is 4.39. The summed E-state index contributed by atoms with van der Waals surface area (Å²) in [6.45, 7) is 2.43. The monoisotopic (exact) mass is 470 g/mol. The van der Waals surface area contributed by atoms with Gasteiger partial charge in [-0.15, -0.1) is 20.4 Å². The van der Waals surface area contributed by atoms with E-state index in [-0.39, 0.29) is 11.7 Å². The second-order valence-corrected chi connectivity index (χ2v) is 9.30. The number of carbonyl (C=O) groups is 1. The summed E-state index contributed by atoms with van der Waals surface area (Å²) >= 11 is 8.71. The van der Waals surface area contributed by atoms with E-state index in [0.29, 0.717) is 28.3 Å². The van der Waals surface area contributed by atoms with Gasteiger partial charge in [-0.25, -0.2) is 0 Å². The van der Waals surface area contributed by atoms with E-state index in [1.54, 1.807) is 0 Å². The number of carbonyl (C=O) groups excluding carboxylic acids is 1. The number of aryl methyl sites for hydroxylation is 1. The summed E-state index contributed by atoms with van der Waals surface area (Å²) in [5.41, 5.74) is 2.22. The zero-order valence-electron chi connectivity index (χ0n) is 16.7. The topological polar surface area (TPSA) is 85.6 Å². The molecule has 0 atom stereocenters. The normalized spacial score (nSPS) is 10.9. The Balaban J connectivity index is 1.51. The summed E-state index contributed by atoms with van der Waals surface area (Å²) in [7, 11) is 0. The minimum atomic E-state index is -0.160. The Kier molecular flexibility index (Phi) is 6.96. The number of amides is 1. The maximum absolute atomic E-state index is 12.3. The lowest BCUT2D eigenvalue weighted by molar-refractivity contribution is -0.113. The van der Waals surface area contributed by atoms with E-state index >= 15 is 0 Å². The zero-order valence-corrected chi connectivity index (χ0v) is 19.0. The molecule has 0 saturated heterocycles. The van der Waals surface area contributed by atoms with Crippen molar-refractivity contribution in [2.45, 2.75) is 25.0 Å². The van der Waals surface area contributed by atoms with Crippen LogP contribution in [0.15, 0.2) is 59.8 Å². The first kappa shape index (κ1) is 21.5. The molecule has 7 nitrogen and oxygen atoms in total. The molecular weight excluding hydrogens is 452 g/mol. The molecular formula is C21H19ClN6OS2. The van der Waals surface area contributed by atoms with Crippen LogP contribution >= 0.6 is 34.7 Å². The number of nitrogens with one attached hydrogen (secondary N) is 1. The first-order valence-corrected chi connectivity index (χ1v) is 11.7. The molecule has 4 aromatic rings. The summed E-state index contributed by atoms with van der Waals surface area (Å²) in [4.78, 5) is 12.3. The predicted octanol–water partition coefficient (Wildman–Crippen LogP) is 4.46. The van der Waals surface area contributed by atoms with E-state index in [1.807, 2.05) is 54.0 Å². The molecule has 0 spiro atoms. The Labute approximate surface area is 192 Å². The summed E-state index contributed by atoms with van der Waals surface area (Å²) in [5, 5.41) is 22.0. The van der Waals surface area contributed by atoms with Crippen LogP contribution in [-0.4, -0.2) is 36.6 Å². The summed E-state index contributed by atoms with van der Waals surface area (Å²) in [5.74, 6) is 0.874. The molecule has 0 aliphatic rings. The second-order valence-electron chi connectivity index (χ2n) is 6.74. The molecule has 31 heavy (non-hydrogen) atoms. The Morgan fingerprint density at radius 2 is 1.81 bits per heavy atom. The van der Waals surface area contributed by atoms with Crippen molar-refractivity contribution >= 4 is 45.7 Å². The molecule has 0 bridgehead atoms. The molecule has 1 amide bonds. The quantitative estimate of drug-likeness (QED) is 0.382. The molecule has 0 unspecified atom stereocenters. The lowest BCUT2D eigenvalue weighted by Gasteiger charge is -2.11. The van der Waals surface area contributed by atoms with Crippen LogP contribution in [0, 0.1) is 6.92 Å². The number of rotatable bonds is 8. The van der Waals surface area contributed by atoms with Gasteiger partial charge in [0.25, 0.3) is 0 Å². The van der Waals surface area contributed by atoms with Gasteiger partial charge in [-0.1, -0.05) is 77.2 Å². The number of anilines is 1. The van der Waals surface area contributed by atoms with Gasteiger partial charge in [-0.3, -0.25) is 10.1 Å². The average Bonchev–Trinajstić information content (AvgIpc) is 3.34. The fraction of sp³-hybridized carbons (Fsp3) is 0.190. The van der Waals surface area contributed by atoms with Gasteiger partial charge in [-0.2, -0.15) is 0 Å². The third-order valence-corrected chi connectivity index (χ3v) is 6.33. The molecule has 10 heteroatoms. The number of hydrogen-bond donors (Lipinski definition) is 1. The third kappa shape index (κ3) is 5.90. The molecule has 2 heterocycles. The van der Waals surface area contributed by atoms with Crippen LogP contribution in [0.5, 0.6) is 0 Å². The van der Waals surface area contributed by atoms with Gasteiger partial charge in [0.05, 0.1) is 12.3 Å². The Hall–Kier alpha value is -2.75. The van der Waals surface area contributed by atoms with Gasteiger partial charge in [0.2, 0.25) is 11.0 Å². The van der Waals surface area contributed by atoms with Gasteiger partial charge in [-0.05, 0) is 30.2 Å². The third-order valence-electron chi connectivity index (χ3n) is 4.36. The Morgan fingerprint density at radius 3 is 2.52 bits per heavy atom. The number of halogens is 1. The highest BCUT2D eigenvalue weighted by Gasteiger charge is 2.16. The molecule has 0 aliphatic heterocycles. The lowest BCUT2D eigenvalue weighted by Crippen LogP contribution is -2.15. The average molecular weight is 471 g/mol. The Bertz CT molecular complexity index is 1160. The minimum Gasteiger partial charge on any atom is -0.301 e. The highest BCUT2D eigenvalue weighted by molar-refractivity contribution is 7.99. The molecule has 0 fully saturated rings. The van der Waals surface area contributed by atoms with Crippen LogP contribution in [0.3, 0.4) is 0 Å². The van der Waals surface area contributed by atoms with Crippen molar-refractivity contribution in [3.8, 4) is 0 Å². The van der Waals surface area contributed by atoms with Crippen LogP contribution in [-0.2, 0) is 17.8 Å². The Morgan fingerprint density at radius 1 is 1.03 bits per heavy atom. The minimum absolute atomic E-state index is 0.160. The number of aromatic nitrogens is 5. The SMILES string of the molecule is Cc1nnc(NC(=O)CSc2nnc(Cc3ccccc3)n2Cc2ccc(Cl)cc2)s1. The molecule has 158 valence electrons. The predicted molar refractivity (Wildman–Crippen MR) is 124 cm³/mol. The van der Waals surface area contributed by atoms with Crippen molar-refractivity contribution in [3.63, 3.8) is 0 Å². The maximum atomic E-state index is 12.3. The van der Waals surface area contributed by atoms with Gasteiger partial charge < -0.3 is 4.57 Å². The van der Waals surface area contributed by atoms with E-state index in [1.165, 1.54) is 23.1 Å². The number of benzene rings is 2. The lowest BCUT2D eigenvalue weighted by atomic mass is 10.1. The largest absolute Gasteiger partial charge is 0.301 e. The molecule has 2 aromatic heterocycles. The van der Waals surface area contributed by atoms with Gasteiger partial charge in [0.15, 0.2) is 5.16 Å². The van der Waals surface area contributed by atoms with Crippen LogP contribution in [0.2, 0.25) is 5.02 Å². The van der Waals surface area contributed by atoms with Crippen molar-refractivity contribution in [3.05, 3.63) is 81.6 Å². The number of hydrogen-bond acceptors (Lipinski definition) is 7. The molecule has 0 radical (unpaired) electrons. The second kappa shape index (κ2) is 10.0. The molecule has 4 rings (SSSR count). The van der Waals surface area contributed by atoms with Crippen LogP contribution in [0.25, 0.3) is 0 Å². The number of nitrogens with zero attached hydrogens (tertiary/aromatic N) is 5. The molecule has 0 aliphatic carbocycles. The molecule has 0 saturated carbocycles.